The Morgan fingerprint density at radius 2 is 2.00 bits per heavy atom. The molecule has 0 amide bonds. The van der Waals surface area contributed by atoms with Crippen LogP contribution in [0.25, 0.3) is 0 Å². The molecular formula is C12H17F2NO. The maximum Gasteiger partial charge on any atom is 0.128 e. The minimum Gasteiger partial charge on any atom is -0.383 e. The molecule has 1 unspecified atom stereocenters. The van der Waals surface area contributed by atoms with Crippen LogP contribution < -0.4 is 5.32 Å². The lowest BCUT2D eigenvalue weighted by atomic mass is 10.1. The van der Waals surface area contributed by atoms with Crippen molar-refractivity contribution in [2.75, 3.05) is 20.3 Å². The van der Waals surface area contributed by atoms with Crippen LogP contribution >= 0.6 is 0 Å². The second-order valence-electron chi connectivity index (χ2n) is 3.79. The first kappa shape index (κ1) is 13.1. The zero-order valence-corrected chi connectivity index (χ0v) is 9.81. The zero-order valence-electron chi connectivity index (χ0n) is 9.81. The van der Waals surface area contributed by atoms with Crippen molar-refractivity contribution in [1.29, 1.82) is 0 Å². The molecule has 0 saturated heterocycles. The van der Waals surface area contributed by atoms with Gasteiger partial charge < -0.3 is 10.1 Å². The van der Waals surface area contributed by atoms with Gasteiger partial charge in [0, 0.05) is 25.3 Å². The maximum absolute atomic E-state index is 13.6. The molecule has 2 nitrogen and oxygen atoms in total. The van der Waals surface area contributed by atoms with Gasteiger partial charge in [-0.05, 0) is 31.5 Å². The average molecular weight is 229 g/mol. The van der Waals surface area contributed by atoms with E-state index in [1.807, 2.05) is 0 Å². The van der Waals surface area contributed by atoms with Crippen LogP contribution in [0.4, 0.5) is 8.78 Å². The summed E-state index contributed by atoms with van der Waals surface area (Å²) in [5.74, 6) is -0.756. The fourth-order valence-corrected chi connectivity index (χ4v) is 1.48. The minimum absolute atomic E-state index is 0.231. The van der Waals surface area contributed by atoms with E-state index < -0.39 is 0 Å². The van der Waals surface area contributed by atoms with Gasteiger partial charge in [-0.3, -0.25) is 0 Å². The summed E-state index contributed by atoms with van der Waals surface area (Å²) < 4.78 is 31.7. The van der Waals surface area contributed by atoms with Gasteiger partial charge in [-0.25, -0.2) is 8.78 Å². The third-order valence-electron chi connectivity index (χ3n) is 2.50. The largest absolute Gasteiger partial charge is 0.383 e. The molecule has 0 aliphatic rings. The summed E-state index contributed by atoms with van der Waals surface area (Å²) in [6.07, 6.45) is 0. The molecule has 0 fully saturated rings. The third-order valence-corrected chi connectivity index (χ3v) is 2.50. The van der Waals surface area contributed by atoms with Crippen molar-refractivity contribution in [2.45, 2.75) is 19.9 Å². The Hall–Kier alpha value is -1.00. The highest BCUT2D eigenvalue weighted by Gasteiger charge is 2.13. The Morgan fingerprint density at radius 1 is 1.31 bits per heavy atom. The second kappa shape index (κ2) is 5.92. The van der Waals surface area contributed by atoms with E-state index in [0.717, 1.165) is 0 Å². The Balaban J connectivity index is 2.75. The molecule has 1 aromatic carbocycles. The quantitative estimate of drug-likeness (QED) is 0.783. The third kappa shape index (κ3) is 3.25. The first-order valence-corrected chi connectivity index (χ1v) is 5.24. The second-order valence-corrected chi connectivity index (χ2v) is 3.79. The summed E-state index contributed by atoms with van der Waals surface area (Å²) in [6, 6.07) is 2.24. The van der Waals surface area contributed by atoms with Gasteiger partial charge in [0.15, 0.2) is 0 Å². The van der Waals surface area contributed by atoms with Crippen LogP contribution in [0.1, 0.15) is 24.1 Å². The molecular weight excluding hydrogens is 212 g/mol. The van der Waals surface area contributed by atoms with E-state index in [4.69, 9.17) is 4.74 Å². The predicted molar refractivity (Wildman–Crippen MR) is 59.4 cm³/mol. The maximum atomic E-state index is 13.6. The number of benzene rings is 1. The number of rotatable bonds is 5. The van der Waals surface area contributed by atoms with Crippen LogP contribution in [-0.4, -0.2) is 20.3 Å². The van der Waals surface area contributed by atoms with Crippen LogP contribution in [0.15, 0.2) is 12.1 Å². The molecule has 0 aliphatic carbocycles. The first-order valence-electron chi connectivity index (χ1n) is 5.24. The van der Waals surface area contributed by atoms with Crippen LogP contribution in [0, 0.1) is 18.6 Å². The summed E-state index contributed by atoms with van der Waals surface area (Å²) in [4.78, 5) is 0. The number of hydrogen-bond acceptors (Lipinski definition) is 2. The highest BCUT2D eigenvalue weighted by Crippen LogP contribution is 2.20. The van der Waals surface area contributed by atoms with Crippen LogP contribution in [0.2, 0.25) is 0 Å². The summed E-state index contributed by atoms with van der Waals surface area (Å²) in [7, 11) is 1.60. The fourth-order valence-electron chi connectivity index (χ4n) is 1.48. The molecule has 0 bridgehead atoms. The molecule has 0 aromatic heterocycles. The Kier molecular flexibility index (Phi) is 4.83. The number of nitrogens with one attached hydrogen (secondary N) is 1. The normalized spacial score (nSPS) is 12.8. The number of aryl methyl sites for hydroxylation is 1. The molecule has 1 atom stereocenters. The van der Waals surface area contributed by atoms with Gasteiger partial charge in [0.1, 0.15) is 11.6 Å². The van der Waals surface area contributed by atoms with E-state index >= 15 is 0 Å². The Bertz CT molecular complexity index is 355. The number of ether oxygens (including phenoxy) is 1. The predicted octanol–water partition coefficient (Wildman–Crippen LogP) is 2.57. The molecule has 0 spiro atoms. The average Bonchev–Trinajstić information content (AvgIpc) is 2.23. The van der Waals surface area contributed by atoms with Gasteiger partial charge in [0.05, 0.1) is 6.61 Å². The van der Waals surface area contributed by atoms with Crippen molar-refractivity contribution < 1.29 is 13.5 Å². The van der Waals surface area contributed by atoms with Crippen LogP contribution in [0.5, 0.6) is 0 Å². The number of methoxy groups -OCH3 is 1. The lowest BCUT2D eigenvalue weighted by Gasteiger charge is -2.15. The monoisotopic (exact) mass is 229 g/mol. The van der Waals surface area contributed by atoms with E-state index in [0.29, 0.717) is 24.3 Å². The molecule has 16 heavy (non-hydrogen) atoms. The van der Waals surface area contributed by atoms with Crippen LogP contribution in [-0.2, 0) is 4.74 Å². The summed E-state index contributed by atoms with van der Waals surface area (Å²) >= 11 is 0. The van der Waals surface area contributed by atoms with E-state index in [1.54, 1.807) is 21.0 Å². The highest BCUT2D eigenvalue weighted by molar-refractivity contribution is 5.27. The van der Waals surface area contributed by atoms with Crippen molar-refractivity contribution in [3.8, 4) is 0 Å². The van der Waals surface area contributed by atoms with E-state index in [1.165, 1.54) is 12.1 Å². The molecule has 90 valence electrons. The van der Waals surface area contributed by atoms with E-state index in [-0.39, 0.29) is 17.7 Å². The SMILES string of the molecule is COCCNC(C)c1cc(F)c(C)cc1F. The van der Waals surface area contributed by atoms with Crippen molar-refractivity contribution in [1.82, 2.24) is 5.32 Å². The van der Waals surface area contributed by atoms with Crippen molar-refractivity contribution in [3.05, 3.63) is 34.9 Å². The van der Waals surface area contributed by atoms with E-state index in [9.17, 15) is 8.78 Å². The summed E-state index contributed by atoms with van der Waals surface area (Å²) in [6.45, 7) is 4.49. The Labute approximate surface area is 94.6 Å². The van der Waals surface area contributed by atoms with Gasteiger partial charge >= 0.3 is 0 Å². The van der Waals surface area contributed by atoms with Gasteiger partial charge in [-0.15, -0.1) is 0 Å². The minimum atomic E-state index is -0.378. The fraction of sp³-hybridized carbons (Fsp3) is 0.500. The van der Waals surface area contributed by atoms with Gasteiger partial charge in [-0.1, -0.05) is 0 Å². The number of hydrogen-bond donors (Lipinski definition) is 1. The highest BCUT2D eigenvalue weighted by atomic mass is 19.1. The molecule has 0 saturated carbocycles. The lowest BCUT2D eigenvalue weighted by Crippen LogP contribution is -2.23. The standard InChI is InChI=1S/C12H17F2NO/c1-8-6-12(14)10(7-11(8)13)9(2)15-4-5-16-3/h6-7,9,15H,4-5H2,1-3H3. The summed E-state index contributed by atoms with van der Waals surface area (Å²) in [5, 5.41) is 3.06. The Morgan fingerprint density at radius 3 is 2.62 bits per heavy atom. The molecule has 1 N–H and O–H groups in total. The van der Waals surface area contributed by atoms with Gasteiger partial charge in [0.25, 0.3) is 0 Å². The molecule has 1 aromatic rings. The van der Waals surface area contributed by atoms with Crippen LogP contribution in [0.3, 0.4) is 0 Å². The zero-order chi connectivity index (χ0) is 12.1. The molecule has 4 heteroatoms. The number of halogens is 2. The first-order chi connectivity index (χ1) is 7.56. The molecule has 1 rings (SSSR count). The van der Waals surface area contributed by atoms with Crippen molar-refractivity contribution in [2.24, 2.45) is 0 Å². The van der Waals surface area contributed by atoms with Crippen molar-refractivity contribution in [3.63, 3.8) is 0 Å². The molecule has 0 heterocycles. The molecule has 0 radical (unpaired) electrons. The molecule has 0 aliphatic heterocycles. The van der Waals surface area contributed by atoms with Gasteiger partial charge in [0.2, 0.25) is 0 Å². The van der Waals surface area contributed by atoms with Crippen molar-refractivity contribution >= 4 is 0 Å². The van der Waals surface area contributed by atoms with Gasteiger partial charge in [-0.2, -0.15) is 0 Å². The topological polar surface area (TPSA) is 21.3 Å². The lowest BCUT2D eigenvalue weighted by molar-refractivity contribution is 0.196. The van der Waals surface area contributed by atoms with E-state index in [2.05, 4.69) is 5.32 Å². The smallest absolute Gasteiger partial charge is 0.128 e. The summed E-state index contributed by atoms with van der Waals surface area (Å²) in [5.41, 5.74) is 0.671.